The zero-order chi connectivity index (χ0) is 22.0. The fraction of sp³-hybridized carbons (Fsp3) is 0.0400. The van der Waals surface area contributed by atoms with E-state index in [1.165, 1.54) is 4.68 Å². The van der Waals surface area contributed by atoms with Gasteiger partial charge in [-0.05, 0) is 29.8 Å². The minimum Gasteiger partial charge on any atom is -0.339 e. The summed E-state index contributed by atoms with van der Waals surface area (Å²) in [5.74, 6) is -0.214. The first-order valence-electron chi connectivity index (χ1n) is 10.0. The van der Waals surface area contributed by atoms with Crippen LogP contribution in [0.4, 0.5) is 5.82 Å². The van der Waals surface area contributed by atoms with Crippen LogP contribution in [-0.2, 0) is 0 Å². The maximum absolute atomic E-state index is 13.6. The molecule has 2 N–H and O–H groups in total. The maximum Gasteiger partial charge on any atom is 0.277 e. The second-order valence-electron chi connectivity index (χ2n) is 7.76. The van der Waals surface area contributed by atoms with E-state index in [1.807, 2.05) is 48.5 Å². The third-order valence-electron chi connectivity index (χ3n) is 6.00. The number of carbonyl (C=O) groups excluding carboxylic acids is 1. The number of fused-ring (bicyclic) bond motifs is 3. The van der Waals surface area contributed by atoms with Gasteiger partial charge in [-0.2, -0.15) is 0 Å². The van der Waals surface area contributed by atoms with Crippen molar-refractivity contribution in [1.82, 2.24) is 9.78 Å². The van der Waals surface area contributed by atoms with Gasteiger partial charge in [0.25, 0.3) is 5.56 Å². The fourth-order valence-corrected chi connectivity index (χ4v) is 5.12. The summed E-state index contributed by atoms with van der Waals surface area (Å²) in [4.78, 5) is 27.1. The van der Waals surface area contributed by atoms with E-state index in [0.717, 1.165) is 5.56 Å². The first kappa shape index (κ1) is 19.2. The van der Waals surface area contributed by atoms with Crippen molar-refractivity contribution in [3.05, 3.63) is 121 Å². The standard InChI is InChI=1S/C25H15Cl2N3O2/c26-13-10-11-17(18(27)12-13)19-20-22(15-8-4-5-9-16(15)23(20)31)28-24-21(19)25(32)30(29-24)14-6-2-1-3-7-14/h1-12,19,28-29H/t19-/m1/s1. The quantitative estimate of drug-likeness (QED) is 0.407. The predicted molar refractivity (Wildman–Crippen MR) is 126 cm³/mol. The molecule has 0 amide bonds. The Hall–Kier alpha value is -3.54. The summed E-state index contributed by atoms with van der Waals surface area (Å²) in [5.41, 5.74) is 4.17. The Morgan fingerprint density at radius 3 is 2.31 bits per heavy atom. The summed E-state index contributed by atoms with van der Waals surface area (Å²) in [7, 11) is 0. The predicted octanol–water partition coefficient (Wildman–Crippen LogP) is 5.64. The highest BCUT2D eigenvalue weighted by Gasteiger charge is 2.43. The number of halogens is 2. The first-order valence-corrected chi connectivity index (χ1v) is 10.8. The number of aromatic nitrogens is 2. The van der Waals surface area contributed by atoms with Crippen LogP contribution in [0.3, 0.4) is 0 Å². The van der Waals surface area contributed by atoms with Crippen molar-refractivity contribution >= 4 is 40.5 Å². The van der Waals surface area contributed by atoms with Crippen molar-refractivity contribution in [2.75, 3.05) is 5.32 Å². The smallest absolute Gasteiger partial charge is 0.277 e. The van der Waals surface area contributed by atoms with Gasteiger partial charge >= 0.3 is 0 Å². The first-order chi connectivity index (χ1) is 15.5. The van der Waals surface area contributed by atoms with Crippen LogP contribution in [-0.4, -0.2) is 15.6 Å². The SMILES string of the molecule is O=C1C2=C(Nc3[nH]n(-c4ccccc4)c(=O)c3[C@@H]2c2ccc(Cl)cc2Cl)c2ccccc21. The maximum atomic E-state index is 13.6. The van der Waals surface area contributed by atoms with Gasteiger partial charge in [-0.3, -0.25) is 14.7 Å². The van der Waals surface area contributed by atoms with Gasteiger partial charge in [0.15, 0.2) is 5.78 Å². The molecule has 0 saturated heterocycles. The number of benzene rings is 3. The van der Waals surface area contributed by atoms with E-state index in [9.17, 15) is 9.59 Å². The molecule has 0 spiro atoms. The van der Waals surface area contributed by atoms with E-state index >= 15 is 0 Å². The van der Waals surface area contributed by atoms with Crippen LogP contribution in [0, 0.1) is 0 Å². The van der Waals surface area contributed by atoms with Gasteiger partial charge in [0.05, 0.1) is 22.9 Å². The van der Waals surface area contributed by atoms with Crippen LogP contribution in [0.5, 0.6) is 0 Å². The summed E-state index contributed by atoms with van der Waals surface area (Å²) in [6.45, 7) is 0. The average Bonchev–Trinajstić information content (AvgIpc) is 3.28. The van der Waals surface area contributed by atoms with Crippen molar-refractivity contribution in [1.29, 1.82) is 0 Å². The van der Waals surface area contributed by atoms with Crippen molar-refractivity contribution in [3.8, 4) is 5.69 Å². The Bertz CT molecular complexity index is 1520. The zero-order valence-electron chi connectivity index (χ0n) is 16.5. The molecule has 0 unspecified atom stereocenters. The van der Waals surface area contributed by atoms with E-state index in [1.54, 1.807) is 24.3 Å². The number of para-hydroxylation sites is 1. The van der Waals surface area contributed by atoms with E-state index in [-0.39, 0.29) is 11.3 Å². The highest BCUT2D eigenvalue weighted by atomic mass is 35.5. The molecule has 0 saturated carbocycles. The molecule has 0 bridgehead atoms. The second kappa shape index (κ2) is 6.99. The van der Waals surface area contributed by atoms with Gasteiger partial charge in [0.1, 0.15) is 5.82 Å². The van der Waals surface area contributed by atoms with Gasteiger partial charge in [-0.25, -0.2) is 4.68 Å². The lowest BCUT2D eigenvalue weighted by Gasteiger charge is -2.25. The third-order valence-corrected chi connectivity index (χ3v) is 6.56. The van der Waals surface area contributed by atoms with Crippen LogP contribution in [0.1, 0.15) is 33.0 Å². The topological polar surface area (TPSA) is 66.9 Å². The highest BCUT2D eigenvalue weighted by molar-refractivity contribution is 6.35. The largest absolute Gasteiger partial charge is 0.339 e. The number of rotatable bonds is 2. The van der Waals surface area contributed by atoms with E-state index in [2.05, 4.69) is 10.4 Å². The van der Waals surface area contributed by atoms with Crippen LogP contribution < -0.4 is 10.9 Å². The average molecular weight is 460 g/mol. The number of anilines is 1. The summed E-state index contributed by atoms with van der Waals surface area (Å²) in [6, 6.07) is 21.9. The number of ketones is 1. The number of H-pyrrole nitrogens is 1. The number of carbonyl (C=O) groups is 1. The molecule has 3 aromatic carbocycles. The minimum absolute atomic E-state index is 0.114. The number of aromatic amines is 1. The van der Waals surface area contributed by atoms with Crippen molar-refractivity contribution in [2.24, 2.45) is 0 Å². The second-order valence-corrected chi connectivity index (χ2v) is 8.61. The molecular formula is C25H15Cl2N3O2. The van der Waals surface area contributed by atoms with Crippen LogP contribution in [0.25, 0.3) is 11.4 Å². The minimum atomic E-state index is -0.639. The van der Waals surface area contributed by atoms with Crippen molar-refractivity contribution < 1.29 is 4.79 Å². The molecule has 1 atom stereocenters. The Morgan fingerprint density at radius 1 is 0.844 bits per heavy atom. The lowest BCUT2D eigenvalue weighted by Crippen LogP contribution is -2.25. The number of hydrogen-bond donors (Lipinski definition) is 2. The van der Waals surface area contributed by atoms with E-state index < -0.39 is 5.92 Å². The molecule has 156 valence electrons. The molecule has 2 heterocycles. The molecule has 6 rings (SSSR count). The zero-order valence-corrected chi connectivity index (χ0v) is 18.0. The monoisotopic (exact) mass is 459 g/mol. The molecule has 7 heteroatoms. The molecule has 2 aliphatic rings. The fourth-order valence-electron chi connectivity index (χ4n) is 4.60. The molecule has 0 fully saturated rings. The third kappa shape index (κ3) is 2.65. The van der Waals surface area contributed by atoms with Crippen molar-refractivity contribution in [3.63, 3.8) is 0 Å². The molecular weight excluding hydrogens is 445 g/mol. The number of allylic oxidation sites excluding steroid dienone is 1. The highest BCUT2D eigenvalue weighted by Crippen LogP contribution is 2.49. The Morgan fingerprint density at radius 2 is 1.56 bits per heavy atom. The number of hydrogen-bond acceptors (Lipinski definition) is 3. The van der Waals surface area contributed by atoms with Crippen LogP contribution in [0.2, 0.25) is 10.0 Å². The molecule has 32 heavy (non-hydrogen) atoms. The molecule has 4 aromatic rings. The Labute approximate surface area is 192 Å². The van der Waals surface area contributed by atoms with Gasteiger partial charge in [-0.1, -0.05) is 71.7 Å². The molecule has 1 aromatic heterocycles. The summed E-state index contributed by atoms with van der Waals surface area (Å²) in [5, 5.41) is 7.39. The van der Waals surface area contributed by atoms with Gasteiger partial charge in [0, 0.05) is 26.7 Å². The van der Waals surface area contributed by atoms with Gasteiger partial charge < -0.3 is 5.32 Å². The Kier molecular flexibility index (Phi) is 4.18. The van der Waals surface area contributed by atoms with E-state index in [0.29, 0.717) is 49.5 Å². The van der Waals surface area contributed by atoms with E-state index in [4.69, 9.17) is 23.2 Å². The molecule has 1 aliphatic heterocycles. The van der Waals surface area contributed by atoms with Crippen LogP contribution in [0.15, 0.2) is 83.2 Å². The lowest BCUT2D eigenvalue weighted by molar-refractivity contribution is 0.103. The molecule has 5 nitrogen and oxygen atoms in total. The number of nitrogens with one attached hydrogen (secondary N) is 2. The Balaban J connectivity index is 1.65. The molecule has 0 radical (unpaired) electrons. The summed E-state index contributed by atoms with van der Waals surface area (Å²) < 4.78 is 1.48. The number of nitrogens with zero attached hydrogens (tertiary/aromatic N) is 1. The van der Waals surface area contributed by atoms with Gasteiger partial charge in [-0.15, -0.1) is 0 Å². The lowest BCUT2D eigenvalue weighted by atomic mass is 9.82. The summed E-state index contributed by atoms with van der Waals surface area (Å²) >= 11 is 12.7. The normalized spacial score (nSPS) is 16.4. The summed E-state index contributed by atoms with van der Waals surface area (Å²) in [6.07, 6.45) is 0. The molecule has 1 aliphatic carbocycles. The van der Waals surface area contributed by atoms with Crippen LogP contribution >= 0.6 is 23.2 Å². The van der Waals surface area contributed by atoms with Gasteiger partial charge in [0.2, 0.25) is 0 Å². The van der Waals surface area contributed by atoms with Crippen molar-refractivity contribution in [2.45, 2.75) is 5.92 Å². The number of Topliss-reactive ketones (excluding diaryl/α,β-unsaturated/α-hetero) is 1.